The van der Waals surface area contributed by atoms with Crippen LogP contribution in [0.3, 0.4) is 0 Å². The second-order valence-electron chi connectivity index (χ2n) is 13.2. The fourth-order valence-corrected chi connectivity index (χ4v) is 6.82. The van der Waals surface area contributed by atoms with Crippen LogP contribution in [0.4, 0.5) is 0 Å². The van der Waals surface area contributed by atoms with Crippen LogP contribution in [0.5, 0.6) is 23.0 Å². The zero-order chi connectivity index (χ0) is 36.4. The standard InChI is InChI=1S/C41H57N3O7/c1-6-7-8-9-10-11-12-13-14-15-16-17-18-19-20-21-38(46)51-29-31-28-44(43-42-31)34-24-22-30-26-37(48-3)40(49-4)41(50-5)39(30)32-23-25-36(47-2)35(45)27-33(32)34/h13-14,23,25-28,34H,6-12,15-22,24,29H2,1-5H3/b14-13-. The molecule has 0 fully saturated rings. The first kappa shape index (κ1) is 39.4. The van der Waals surface area contributed by atoms with Crippen LogP contribution in [-0.2, 0) is 22.6 Å². The molecule has 1 atom stereocenters. The van der Waals surface area contributed by atoms with E-state index in [4.69, 9.17) is 23.7 Å². The SMILES string of the molecule is CCCCCCCC/C=C\CCCCCCCC(=O)OCc1cn(C2CCc3cc(OC)c(OC)c(OC)c3-c3ccc(OC)c(=O)cc32)nn1. The summed E-state index contributed by atoms with van der Waals surface area (Å²) in [6.07, 6.45) is 23.8. The molecule has 51 heavy (non-hydrogen) atoms. The zero-order valence-corrected chi connectivity index (χ0v) is 31.3. The molecule has 10 heteroatoms. The number of hydrogen-bond acceptors (Lipinski definition) is 9. The van der Waals surface area contributed by atoms with E-state index in [2.05, 4.69) is 29.4 Å². The Morgan fingerprint density at radius 1 is 0.824 bits per heavy atom. The maximum Gasteiger partial charge on any atom is 0.306 e. The summed E-state index contributed by atoms with van der Waals surface area (Å²) in [6, 6.07) is 6.75. The summed E-state index contributed by atoms with van der Waals surface area (Å²) in [4.78, 5) is 25.8. The second-order valence-corrected chi connectivity index (χ2v) is 13.2. The summed E-state index contributed by atoms with van der Waals surface area (Å²) in [7, 11) is 6.22. The van der Waals surface area contributed by atoms with Crippen molar-refractivity contribution >= 4 is 5.97 Å². The highest BCUT2D eigenvalue weighted by Gasteiger charge is 2.30. The van der Waals surface area contributed by atoms with Crippen molar-refractivity contribution in [3.63, 3.8) is 0 Å². The second kappa shape index (κ2) is 21.1. The van der Waals surface area contributed by atoms with Gasteiger partial charge in [0.15, 0.2) is 17.2 Å². The lowest BCUT2D eigenvalue weighted by Gasteiger charge is -2.19. The monoisotopic (exact) mass is 703 g/mol. The Kier molecular flexibility index (Phi) is 16.3. The third-order valence-electron chi connectivity index (χ3n) is 9.59. The highest BCUT2D eigenvalue weighted by molar-refractivity contribution is 5.82. The quantitative estimate of drug-likeness (QED) is 0.0575. The molecule has 0 radical (unpaired) electrons. The number of fused-ring (bicyclic) bond motifs is 3. The molecule has 10 nitrogen and oxygen atoms in total. The molecule has 0 saturated carbocycles. The molecule has 3 aromatic rings. The Hall–Kier alpha value is -4.34. The van der Waals surface area contributed by atoms with Crippen LogP contribution >= 0.6 is 0 Å². The van der Waals surface area contributed by atoms with Crippen molar-refractivity contribution in [3.05, 3.63) is 69.7 Å². The van der Waals surface area contributed by atoms with Crippen molar-refractivity contribution in [1.82, 2.24) is 15.0 Å². The van der Waals surface area contributed by atoms with Gasteiger partial charge in [0.05, 0.1) is 40.7 Å². The van der Waals surface area contributed by atoms with E-state index in [9.17, 15) is 9.59 Å². The van der Waals surface area contributed by atoms with Crippen LogP contribution in [0, 0.1) is 0 Å². The van der Waals surface area contributed by atoms with Gasteiger partial charge in [-0.15, -0.1) is 5.10 Å². The van der Waals surface area contributed by atoms with Crippen LogP contribution < -0.4 is 24.4 Å². The Morgan fingerprint density at radius 3 is 2.16 bits per heavy atom. The molecule has 0 saturated heterocycles. The first-order valence-electron chi connectivity index (χ1n) is 18.7. The molecule has 0 amide bonds. The van der Waals surface area contributed by atoms with Gasteiger partial charge in [-0.1, -0.05) is 81.7 Å². The van der Waals surface area contributed by atoms with Gasteiger partial charge in [0.1, 0.15) is 12.3 Å². The van der Waals surface area contributed by atoms with Gasteiger partial charge in [-0.05, 0) is 79.8 Å². The predicted octanol–water partition coefficient (Wildman–Crippen LogP) is 8.96. The third kappa shape index (κ3) is 11.1. The number of aromatic nitrogens is 3. The molecular weight excluding hydrogens is 646 g/mol. The molecule has 0 N–H and O–H groups in total. The van der Waals surface area contributed by atoms with Gasteiger partial charge in [-0.3, -0.25) is 9.59 Å². The highest BCUT2D eigenvalue weighted by atomic mass is 16.5. The third-order valence-corrected chi connectivity index (χ3v) is 9.59. The van der Waals surface area contributed by atoms with Crippen molar-refractivity contribution in [1.29, 1.82) is 0 Å². The van der Waals surface area contributed by atoms with E-state index < -0.39 is 0 Å². The van der Waals surface area contributed by atoms with Gasteiger partial charge in [-0.25, -0.2) is 4.68 Å². The van der Waals surface area contributed by atoms with Crippen LogP contribution in [-0.4, -0.2) is 49.4 Å². The van der Waals surface area contributed by atoms with E-state index in [0.717, 1.165) is 47.9 Å². The van der Waals surface area contributed by atoms with E-state index >= 15 is 0 Å². The Bertz CT molecular complexity index is 1630. The Balaban J connectivity index is 1.31. The maximum atomic E-state index is 13.2. The van der Waals surface area contributed by atoms with E-state index in [1.54, 1.807) is 44.3 Å². The average Bonchev–Trinajstić information content (AvgIpc) is 3.48. The van der Waals surface area contributed by atoms with Crippen molar-refractivity contribution in [2.45, 2.75) is 122 Å². The molecule has 1 aliphatic carbocycles. The lowest BCUT2D eigenvalue weighted by Crippen LogP contribution is -2.13. The number of hydrogen-bond donors (Lipinski definition) is 0. The predicted molar refractivity (Wildman–Crippen MR) is 200 cm³/mol. The van der Waals surface area contributed by atoms with Gasteiger partial charge in [0.25, 0.3) is 0 Å². The van der Waals surface area contributed by atoms with Crippen LogP contribution in [0.1, 0.15) is 126 Å². The van der Waals surface area contributed by atoms with Crippen LogP contribution in [0.25, 0.3) is 11.1 Å². The van der Waals surface area contributed by atoms with Gasteiger partial charge < -0.3 is 23.7 Å². The Morgan fingerprint density at radius 2 is 1.49 bits per heavy atom. The van der Waals surface area contributed by atoms with Gasteiger partial charge >= 0.3 is 5.97 Å². The summed E-state index contributed by atoms with van der Waals surface area (Å²) in [5.41, 5.74) is 3.61. The fraction of sp³-hybridized carbons (Fsp3) is 0.561. The number of allylic oxidation sites excluding steroid dienone is 2. The van der Waals surface area contributed by atoms with Crippen molar-refractivity contribution in [3.8, 4) is 34.1 Å². The number of nitrogens with zero attached hydrogens (tertiary/aromatic N) is 3. The van der Waals surface area contributed by atoms with E-state index in [0.29, 0.717) is 42.2 Å². The van der Waals surface area contributed by atoms with Crippen LogP contribution in [0.15, 0.2) is 47.4 Å². The van der Waals surface area contributed by atoms with E-state index in [-0.39, 0.29) is 29.8 Å². The molecule has 1 aliphatic rings. The maximum absolute atomic E-state index is 13.2. The van der Waals surface area contributed by atoms with Crippen molar-refractivity contribution < 1.29 is 28.5 Å². The molecule has 1 aromatic heterocycles. The summed E-state index contributed by atoms with van der Waals surface area (Å²) in [5.74, 6) is 1.53. The molecular formula is C41H57N3O7. The average molecular weight is 704 g/mol. The number of unbranched alkanes of at least 4 members (excludes halogenated alkanes) is 11. The number of ether oxygens (including phenoxy) is 5. The van der Waals surface area contributed by atoms with E-state index in [1.807, 2.05) is 12.1 Å². The van der Waals surface area contributed by atoms with Gasteiger partial charge in [0, 0.05) is 12.0 Å². The molecule has 1 heterocycles. The first-order valence-corrected chi connectivity index (χ1v) is 18.7. The number of benzene rings is 1. The number of carbonyl (C=O) groups is 1. The van der Waals surface area contributed by atoms with Gasteiger partial charge in [0.2, 0.25) is 11.2 Å². The zero-order valence-electron chi connectivity index (χ0n) is 31.3. The normalized spacial score (nSPS) is 13.7. The van der Waals surface area contributed by atoms with Gasteiger partial charge in [-0.2, -0.15) is 0 Å². The van der Waals surface area contributed by atoms with Crippen LogP contribution in [0.2, 0.25) is 0 Å². The summed E-state index contributed by atoms with van der Waals surface area (Å²) in [6.45, 7) is 2.29. The fourth-order valence-electron chi connectivity index (χ4n) is 6.82. The number of rotatable bonds is 22. The highest BCUT2D eigenvalue weighted by Crippen LogP contribution is 2.50. The smallest absolute Gasteiger partial charge is 0.306 e. The molecule has 0 bridgehead atoms. The summed E-state index contributed by atoms with van der Waals surface area (Å²) < 4.78 is 29.9. The number of aryl methyl sites for hydroxylation is 1. The molecule has 1 unspecified atom stereocenters. The molecule has 4 rings (SSSR count). The summed E-state index contributed by atoms with van der Waals surface area (Å²) in [5, 5.41) is 8.74. The minimum absolute atomic E-state index is 0.0368. The summed E-state index contributed by atoms with van der Waals surface area (Å²) >= 11 is 0. The first-order chi connectivity index (χ1) is 24.9. The topological polar surface area (TPSA) is 111 Å². The van der Waals surface area contributed by atoms with Crippen molar-refractivity contribution in [2.24, 2.45) is 0 Å². The lowest BCUT2D eigenvalue weighted by atomic mass is 9.95. The molecule has 278 valence electrons. The molecule has 0 aliphatic heterocycles. The van der Waals surface area contributed by atoms with E-state index in [1.165, 1.54) is 64.9 Å². The molecule has 0 spiro atoms. The Labute approximate surface area is 303 Å². The number of carbonyl (C=O) groups excluding carboxylic acids is 1. The minimum atomic E-state index is -0.341. The largest absolute Gasteiger partial charge is 0.493 e. The lowest BCUT2D eigenvalue weighted by molar-refractivity contribution is -0.145. The number of methoxy groups -OCH3 is 4. The van der Waals surface area contributed by atoms with Crippen molar-refractivity contribution in [2.75, 3.05) is 28.4 Å². The molecule has 2 aromatic carbocycles. The minimum Gasteiger partial charge on any atom is -0.493 e. The number of esters is 1.